The molecule has 16 nitrogen and oxygen atoms in total. The topological polar surface area (TPSA) is 214 Å². The van der Waals surface area contributed by atoms with Gasteiger partial charge in [-0.15, -0.1) is 0 Å². The Morgan fingerprint density at radius 3 is 1.40 bits per heavy atom. The van der Waals surface area contributed by atoms with E-state index in [-0.39, 0.29) is 82.3 Å². The number of aliphatic hydroxyl groups is 1. The second-order valence-electron chi connectivity index (χ2n) is 32.9. The summed E-state index contributed by atoms with van der Waals surface area (Å²) in [6.07, 6.45) is 33.3. The molecule has 16 saturated carbocycles. The van der Waals surface area contributed by atoms with E-state index in [1.807, 2.05) is 6.92 Å². The van der Waals surface area contributed by atoms with Crippen LogP contribution in [0.2, 0.25) is 0 Å². The van der Waals surface area contributed by atoms with Gasteiger partial charge in [-0.2, -0.15) is 0 Å². The van der Waals surface area contributed by atoms with Crippen LogP contribution >= 0.6 is 0 Å². The van der Waals surface area contributed by atoms with Gasteiger partial charge in [-0.1, -0.05) is 66.5 Å². The van der Waals surface area contributed by atoms with Gasteiger partial charge in [0.25, 0.3) is 0 Å². The van der Waals surface area contributed by atoms with E-state index in [1.165, 1.54) is 70.6 Å². The molecule has 10 unspecified atom stereocenters. The first-order valence-electron chi connectivity index (χ1n) is 36.6. The highest BCUT2D eigenvalue weighted by Crippen LogP contribution is 2.63. The number of esters is 7. The van der Waals surface area contributed by atoms with Crippen LogP contribution in [-0.2, 0) is 71.5 Å². The van der Waals surface area contributed by atoms with Crippen LogP contribution < -0.4 is 0 Å². The van der Waals surface area contributed by atoms with Gasteiger partial charge in [0, 0.05) is 53.0 Å². The minimum Gasteiger partial charge on any atom is -0.458 e. The summed E-state index contributed by atoms with van der Waals surface area (Å²) < 4.78 is 46.3. The molecule has 10 atom stereocenters. The Morgan fingerprint density at radius 2 is 0.957 bits per heavy atom. The van der Waals surface area contributed by atoms with Crippen LogP contribution in [0.1, 0.15) is 261 Å². The smallest absolute Gasteiger partial charge is 0.335 e. The minimum atomic E-state index is -0.597. The third-order valence-electron chi connectivity index (χ3n) is 25.3. The van der Waals surface area contributed by atoms with Gasteiger partial charge in [0.15, 0.2) is 6.10 Å². The average molecular weight is 1310 g/mol. The second-order valence-corrected chi connectivity index (χ2v) is 32.9. The van der Waals surface area contributed by atoms with E-state index < -0.39 is 28.9 Å². The van der Waals surface area contributed by atoms with Crippen LogP contribution in [0.15, 0.2) is 61.3 Å². The number of hydrogen-bond donors (Lipinski definition) is 1. The van der Waals surface area contributed by atoms with E-state index in [9.17, 15) is 38.7 Å². The number of ether oxygens (including phenoxy) is 8. The summed E-state index contributed by atoms with van der Waals surface area (Å²) in [6.45, 7) is 33.1. The molecule has 522 valence electrons. The van der Waals surface area contributed by atoms with Crippen molar-refractivity contribution >= 4 is 41.8 Å². The van der Waals surface area contributed by atoms with Gasteiger partial charge in [0.2, 0.25) is 0 Å². The van der Waals surface area contributed by atoms with Gasteiger partial charge in [0.1, 0.15) is 40.2 Å². The molecule has 94 heavy (non-hydrogen) atoms. The molecule has 16 heteroatoms. The quantitative estimate of drug-likeness (QED) is 0.0814. The van der Waals surface area contributed by atoms with Crippen LogP contribution in [0.3, 0.4) is 0 Å². The predicted octanol–water partition coefficient (Wildman–Crippen LogP) is 15.0. The Balaban J connectivity index is 0.000000133. The van der Waals surface area contributed by atoms with E-state index in [4.69, 9.17) is 37.9 Å². The zero-order valence-corrected chi connectivity index (χ0v) is 58.4. The molecule has 0 aromatic heterocycles. The number of fused-ring (bicyclic) bond motifs is 1. The number of hydrogen-bond acceptors (Lipinski definition) is 16. The first-order chi connectivity index (χ1) is 44.4. The van der Waals surface area contributed by atoms with Crippen molar-refractivity contribution in [3.8, 4) is 0 Å². The lowest BCUT2D eigenvalue weighted by molar-refractivity contribution is -0.247. The van der Waals surface area contributed by atoms with Crippen LogP contribution in [0.5, 0.6) is 0 Å². The molecular formula is C78H114O16. The molecule has 1 aliphatic heterocycles. The molecule has 1 heterocycles. The third-order valence-corrected chi connectivity index (χ3v) is 25.3. The molecule has 0 radical (unpaired) electrons. The fraction of sp³-hybridized carbons (Fsp3) is 0.782. The first-order valence-corrected chi connectivity index (χ1v) is 36.6. The summed E-state index contributed by atoms with van der Waals surface area (Å²) in [5.41, 5.74) is -0.539. The van der Waals surface area contributed by atoms with Crippen molar-refractivity contribution in [1.82, 2.24) is 0 Å². The third kappa shape index (κ3) is 15.4. The molecule has 0 amide bonds. The molecule has 16 aliphatic carbocycles. The van der Waals surface area contributed by atoms with Crippen molar-refractivity contribution in [3.05, 3.63) is 61.3 Å². The SMILES string of the molecule is C=C(C)C(=O)OC1(CC)C2CC3CC(C2)CC1C3.C=C(C)C(=O)OC1(CC)CCCCC1.C=C(C)C(=O)OC12CC3CC(C1)CC(OC(C)C(=O)OC1(CC)CCCCC1)(C3)C2.C=C(C)C(=O)OC12CC3CC(CC(O)(C3)C1)C2.C=CC(=O)OC1C2CC3C(=O)OC1C3C2. The Kier molecular flexibility index (Phi) is 21.7. The van der Waals surface area contributed by atoms with Gasteiger partial charge in [-0.25, -0.2) is 28.8 Å². The Bertz CT molecular complexity index is 2860. The summed E-state index contributed by atoms with van der Waals surface area (Å²) >= 11 is 0. The molecule has 1 N–H and O–H groups in total. The van der Waals surface area contributed by atoms with Gasteiger partial charge in [-0.05, 0) is 262 Å². The van der Waals surface area contributed by atoms with Crippen molar-refractivity contribution in [2.45, 2.75) is 318 Å². The molecule has 14 bridgehead atoms. The van der Waals surface area contributed by atoms with Crippen molar-refractivity contribution in [2.24, 2.45) is 65.1 Å². The van der Waals surface area contributed by atoms with Gasteiger partial charge >= 0.3 is 41.8 Å². The maximum absolute atomic E-state index is 13.0. The summed E-state index contributed by atoms with van der Waals surface area (Å²) in [7, 11) is 0. The standard InChI is InChI=1S/C25H38O5.C16H24O2.C14H20O3.C12H20O2.C11H12O4/c1-5-23(9-7-6-8-10-23)30-22(27)18(4)28-24-12-19-11-20(13-24)15-25(14-19,16-24)29-21(26)17(2)3;1-4-16(18-15(17)10(2)3)13-6-11-5-12(8-13)9-14(16)7-11;1-9(2)12(15)17-14-6-10-3-11(7-14)5-13(16,4-10)8-14;1-4-12(8-6-5-7-9-12)14-11(13)10(2)3;1-2-8(12)14-9-5-3-6-7(4-5)11(13)15-10(6)9/h18-20H,2,5-16H2,1,3-4H3;11-14H,2,4-9H2,1,3H3;10-11,16H,1,3-8H2,2H3;2,4-9H2,1,3H3;2,5-7,9-10H,1,3-4H2. The number of carbonyl (C=O) groups is 7. The van der Waals surface area contributed by atoms with Gasteiger partial charge in [0.05, 0.1) is 17.1 Å². The fourth-order valence-electron chi connectivity index (χ4n) is 21.9. The normalized spacial score (nSPS) is 39.3. The molecular weight excluding hydrogens is 1190 g/mol. The highest BCUT2D eigenvalue weighted by atomic mass is 16.6. The van der Waals surface area contributed by atoms with Crippen LogP contribution in [0, 0.1) is 65.1 Å². The van der Waals surface area contributed by atoms with Gasteiger partial charge < -0.3 is 43.0 Å². The Hall–Kier alpha value is -5.09. The fourth-order valence-corrected chi connectivity index (χ4v) is 21.9. The molecule has 17 fully saturated rings. The maximum atomic E-state index is 13.0. The summed E-state index contributed by atoms with van der Waals surface area (Å²) in [5, 5.41) is 10.5. The zero-order chi connectivity index (χ0) is 67.9. The molecule has 0 aromatic rings. The number of rotatable bonds is 17. The van der Waals surface area contributed by atoms with E-state index in [2.05, 4.69) is 53.7 Å². The minimum absolute atomic E-state index is 0.0682. The lowest BCUT2D eigenvalue weighted by Crippen LogP contribution is -2.62. The van der Waals surface area contributed by atoms with E-state index in [1.54, 1.807) is 27.7 Å². The van der Waals surface area contributed by atoms with Crippen molar-refractivity contribution in [2.75, 3.05) is 0 Å². The molecule has 17 aliphatic rings. The van der Waals surface area contributed by atoms with Crippen molar-refractivity contribution in [1.29, 1.82) is 0 Å². The lowest BCUT2D eigenvalue weighted by Gasteiger charge is -2.61. The van der Waals surface area contributed by atoms with E-state index >= 15 is 0 Å². The summed E-state index contributed by atoms with van der Waals surface area (Å²) in [6, 6.07) is 0. The zero-order valence-electron chi connectivity index (χ0n) is 58.4. The maximum Gasteiger partial charge on any atom is 0.335 e. The predicted molar refractivity (Wildman–Crippen MR) is 355 cm³/mol. The monoisotopic (exact) mass is 1310 g/mol. The van der Waals surface area contributed by atoms with Crippen molar-refractivity contribution < 1.29 is 76.6 Å². The van der Waals surface area contributed by atoms with Gasteiger partial charge in [-0.3, -0.25) is 4.79 Å². The van der Waals surface area contributed by atoms with Crippen LogP contribution in [0.4, 0.5) is 0 Å². The van der Waals surface area contributed by atoms with Crippen molar-refractivity contribution in [3.63, 3.8) is 0 Å². The Morgan fingerprint density at radius 1 is 0.532 bits per heavy atom. The number of carbonyl (C=O) groups excluding carboxylic acids is 7. The second kappa shape index (κ2) is 28.4. The lowest BCUT2D eigenvalue weighted by atomic mass is 9.49. The first kappa shape index (κ1) is 71.7. The van der Waals surface area contributed by atoms with Crippen LogP contribution in [-0.4, -0.2) is 104 Å². The molecule has 0 aromatic carbocycles. The molecule has 17 rings (SSSR count). The summed E-state index contributed by atoms with van der Waals surface area (Å²) in [4.78, 5) is 83.0. The molecule has 1 saturated heterocycles. The average Bonchev–Trinajstić information content (AvgIpc) is 1.05. The largest absolute Gasteiger partial charge is 0.458 e. The van der Waals surface area contributed by atoms with E-state index in [0.717, 1.165) is 140 Å². The highest BCUT2D eigenvalue weighted by Gasteiger charge is 2.65. The Labute approximate surface area is 560 Å². The highest BCUT2D eigenvalue weighted by molar-refractivity contribution is 5.89. The molecule has 0 spiro atoms. The van der Waals surface area contributed by atoms with Crippen LogP contribution in [0.25, 0.3) is 0 Å². The van der Waals surface area contributed by atoms with E-state index in [0.29, 0.717) is 76.6 Å². The summed E-state index contributed by atoms with van der Waals surface area (Å²) in [5.74, 6) is 4.01.